The van der Waals surface area contributed by atoms with E-state index in [1.54, 1.807) is 0 Å². The fraction of sp³-hybridized carbons (Fsp3) is 0.667. The Bertz CT molecular complexity index is 307. The number of aromatic nitrogens is 2. The van der Waals surface area contributed by atoms with Gasteiger partial charge in [-0.3, -0.25) is 5.10 Å². The van der Waals surface area contributed by atoms with Crippen molar-refractivity contribution in [3.8, 4) is 0 Å². The molecule has 0 aliphatic heterocycles. The van der Waals surface area contributed by atoms with Gasteiger partial charge in [-0.2, -0.15) is 5.10 Å². The van der Waals surface area contributed by atoms with Crippen molar-refractivity contribution in [1.29, 1.82) is 0 Å². The van der Waals surface area contributed by atoms with Gasteiger partial charge in [0.25, 0.3) is 0 Å². The molecule has 3 nitrogen and oxygen atoms in total. The van der Waals surface area contributed by atoms with Gasteiger partial charge in [0.1, 0.15) is 0 Å². The number of rotatable bonds is 2. The molecule has 3 N–H and O–H groups in total. The van der Waals surface area contributed by atoms with Crippen LogP contribution in [-0.2, 0) is 5.54 Å². The van der Waals surface area contributed by atoms with Crippen molar-refractivity contribution >= 4 is 0 Å². The van der Waals surface area contributed by atoms with Crippen LogP contribution in [0.5, 0.6) is 0 Å². The van der Waals surface area contributed by atoms with E-state index in [1.165, 1.54) is 24.1 Å². The number of nitrogens with two attached hydrogens (primary N) is 1. The lowest BCUT2D eigenvalue weighted by molar-refractivity contribution is 0.725. The number of nitrogens with zero attached hydrogens (tertiary/aromatic N) is 1. The van der Waals surface area contributed by atoms with Crippen molar-refractivity contribution in [1.82, 2.24) is 10.2 Å². The Kier molecular flexibility index (Phi) is 1.06. The molecular weight excluding hydrogens is 150 g/mol. The molecule has 1 aromatic heterocycles. The minimum absolute atomic E-state index is 0.00900. The van der Waals surface area contributed by atoms with Crippen molar-refractivity contribution < 1.29 is 0 Å². The second kappa shape index (κ2) is 1.91. The number of hydrogen-bond acceptors (Lipinski definition) is 2. The van der Waals surface area contributed by atoms with Gasteiger partial charge in [-0.15, -0.1) is 0 Å². The lowest BCUT2D eigenvalue weighted by Crippen LogP contribution is -2.19. The van der Waals surface area contributed by atoms with E-state index < -0.39 is 0 Å². The first-order valence-corrected chi connectivity index (χ1v) is 4.62. The lowest BCUT2D eigenvalue weighted by atomic mass is 10.0. The van der Waals surface area contributed by atoms with Crippen molar-refractivity contribution in [3.05, 3.63) is 17.5 Å². The number of aromatic amines is 1. The maximum absolute atomic E-state index is 6.12. The maximum Gasteiger partial charge on any atom is 0.0540 e. The van der Waals surface area contributed by atoms with E-state index in [0.717, 1.165) is 18.8 Å². The van der Waals surface area contributed by atoms with Gasteiger partial charge in [-0.25, -0.2) is 0 Å². The summed E-state index contributed by atoms with van der Waals surface area (Å²) in [6, 6.07) is 0. The predicted octanol–water partition coefficient (Wildman–Crippen LogP) is 1.23. The van der Waals surface area contributed by atoms with Crippen LogP contribution in [0.4, 0.5) is 0 Å². The highest BCUT2D eigenvalue weighted by atomic mass is 15.1. The van der Waals surface area contributed by atoms with Crippen molar-refractivity contribution in [3.63, 3.8) is 0 Å². The molecule has 3 heteroatoms. The van der Waals surface area contributed by atoms with E-state index in [1.807, 2.05) is 6.20 Å². The molecule has 0 atom stereocenters. The molecule has 12 heavy (non-hydrogen) atoms. The molecule has 0 amide bonds. The van der Waals surface area contributed by atoms with Gasteiger partial charge in [-0.05, 0) is 25.7 Å². The molecule has 0 saturated heterocycles. The van der Waals surface area contributed by atoms with Crippen LogP contribution in [-0.4, -0.2) is 10.2 Å². The summed E-state index contributed by atoms with van der Waals surface area (Å²) in [7, 11) is 0. The Balaban J connectivity index is 2.02. The smallest absolute Gasteiger partial charge is 0.0540 e. The van der Waals surface area contributed by atoms with Crippen LogP contribution in [0.1, 0.15) is 42.9 Å². The first kappa shape index (κ1) is 6.66. The highest BCUT2D eigenvalue weighted by Gasteiger charge is 2.44. The van der Waals surface area contributed by atoms with Crippen LogP contribution < -0.4 is 5.73 Å². The summed E-state index contributed by atoms with van der Waals surface area (Å²) >= 11 is 0. The molecule has 2 saturated carbocycles. The third-order valence-electron chi connectivity index (χ3n) is 2.98. The van der Waals surface area contributed by atoms with E-state index in [2.05, 4.69) is 10.2 Å². The zero-order chi connectivity index (χ0) is 8.18. The van der Waals surface area contributed by atoms with Gasteiger partial charge < -0.3 is 5.73 Å². The van der Waals surface area contributed by atoms with Crippen LogP contribution in [0.2, 0.25) is 0 Å². The van der Waals surface area contributed by atoms with E-state index >= 15 is 0 Å². The zero-order valence-corrected chi connectivity index (χ0v) is 7.01. The summed E-state index contributed by atoms with van der Waals surface area (Å²) in [5.74, 6) is 0.739. The molecule has 3 rings (SSSR count). The fourth-order valence-electron chi connectivity index (χ4n) is 1.78. The second-order valence-corrected chi connectivity index (χ2v) is 4.13. The molecule has 64 valence electrons. The Morgan fingerprint density at radius 1 is 1.50 bits per heavy atom. The first-order chi connectivity index (χ1) is 5.80. The van der Waals surface area contributed by atoms with Gasteiger partial charge in [0.05, 0.1) is 6.20 Å². The average Bonchev–Trinajstić information content (AvgIpc) is 2.97. The molecule has 0 spiro atoms. The van der Waals surface area contributed by atoms with E-state index in [0.29, 0.717) is 0 Å². The first-order valence-electron chi connectivity index (χ1n) is 4.62. The van der Waals surface area contributed by atoms with E-state index in [4.69, 9.17) is 5.73 Å². The minimum atomic E-state index is -0.00900. The maximum atomic E-state index is 6.12. The molecule has 0 aromatic carbocycles. The standard InChI is InChI=1S/C9H13N3/c10-9(3-4-9)7-5-11-12-8(7)6-1-2-6/h5-6H,1-4,10H2,(H,11,12). The number of hydrogen-bond donors (Lipinski definition) is 2. The van der Waals surface area contributed by atoms with Gasteiger partial charge in [0, 0.05) is 22.7 Å². The zero-order valence-electron chi connectivity index (χ0n) is 7.01. The normalized spacial score (nSPS) is 25.8. The second-order valence-electron chi connectivity index (χ2n) is 4.13. The summed E-state index contributed by atoms with van der Waals surface area (Å²) in [6.45, 7) is 0. The summed E-state index contributed by atoms with van der Waals surface area (Å²) in [5, 5.41) is 7.17. The Morgan fingerprint density at radius 3 is 2.83 bits per heavy atom. The predicted molar refractivity (Wildman–Crippen MR) is 45.7 cm³/mol. The van der Waals surface area contributed by atoms with Gasteiger partial charge in [0.15, 0.2) is 0 Å². The van der Waals surface area contributed by atoms with Crippen LogP contribution in [0.15, 0.2) is 6.20 Å². The average molecular weight is 163 g/mol. The molecule has 2 aliphatic carbocycles. The summed E-state index contributed by atoms with van der Waals surface area (Å²) < 4.78 is 0. The monoisotopic (exact) mass is 163 g/mol. The Morgan fingerprint density at radius 2 is 2.25 bits per heavy atom. The lowest BCUT2D eigenvalue weighted by Gasteiger charge is -2.07. The molecule has 0 radical (unpaired) electrons. The molecule has 0 unspecified atom stereocenters. The molecule has 1 aromatic rings. The van der Waals surface area contributed by atoms with E-state index in [-0.39, 0.29) is 5.54 Å². The van der Waals surface area contributed by atoms with Crippen LogP contribution in [0.25, 0.3) is 0 Å². The molecule has 2 aliphatic rings. The van der Waals surface area contributed by atoms with Gasteiger partial charge >= 0.3 is 0 Å². The molecule has 0 bridgehead atoms. The topological polar surface area (TPSA) is 54.7 Å². The molecular formula is C9H13N3. The quantitative estimate of drug-likeness (QED) is 0.689. The van der Waals surface area contributed by atoms with Crippen LogP contribution in [0.3, 0.4) is 0 Å². The van der Waals surface area contributed by atoms with Crippen molar-refractivity contribution in [2.45, 2.75) is 37.1 Å². The minimum Gasteiger partial charge on any atom is -0.321 e. The van der Waals surface area contributed by atoms with Gasteiger partial charge in [-0.1, -0.05) is 0 Å². The van der Waals surface area contributed by atoms with Crippen LogP contribution >= 0.6 is 0 Å². The van der Waals surface area contributed by atoms with Crippen LogP contribution in [0, 0.1) is 0 Å². The number of nitrogens with one attached hydrogen (secondary N) is 1. The Hall–Kier alpha value is -0.830. The highest BCUT2D eigenvalue weighted by Crippen LogP contribution is 2.49. The Labute approximate surface area is 71.3 Å². The molecule has 1 heterocycles. The number of H-pyrrole nitrogens is 1. The fourth-order valence-corrected chi connectivity index (χ4v) is 1.78. The summed E-state index contributed by atoms with van der Waals surface area (Å²) in [5.41, 5.74) is 8.71. The summed E-state index contributed by atoms with van der Waals surface area (Å²) in [6.07, 6.45) is 6.80. The summed E-state index contributed by atoms with van der Waals surface area (Å²) in [4.78, 5) is 0. The third kappa shape index (κ3) is 0.829. The van der Waals surface area contributed by atoms with Gasteiger partial charge in [0.2, 0.25) is 0 Å². The molecule has 2 fully saturated rings. The SMILES string of the molecule is NC1(c2cn[nH]c2C2CC2)CC1. The van der Waals surface area contributed by atoms with E-state index in [9.17, 15) is 0 Å². The highest BCUT2D eigenvalue weighted by molar-refractivity contribution is 5.35. The van der Waals surface area contributed by atoms with Crippen molar-refractivity contribution in [2.24, 2.45) is 5.73 Å². The van der Waals surface area contributed by atoms with Crippen molar-refractivity contribution in [2.75, 3.05) is 0 Å². The third-order valence-corrected chi connectivity index (χ3v) is 2.98. The largest absolute Gasteiger partial charge is 0.321 e.